The van der Waals surface area contributed by atoms with Crippen LogP contribution in [0, 0.1) is 0 Å². The summed E-state index contributed by atoms with van der Waals surface area (Å²) in [4.78, 5) is 0. The Morgan fingerprint density at radius 3 is 2.69 bits per heavy atom. The molecule has 0 bridgehead atoms. The van der Waals surface area contributed by atoms with E-state index in [1.165, 1.54) is 30.5 Å². The lowest BCUT2D eigenvalue weighted by Gasteiger charge is -2.28. The van der Waals surface area contributed by atoms with Gasteiger partial charge in [-0.3, -0.25) is 0 Å². The SMILES string of the molecule is CC(C)OCc1ccccc1NC1CCC1. The van der Waals surface area contributed by atoms with Gasteiger partial charge in [0.1, 0.15) is 0 Å². The van der Waals surface area contributed by atoms with Crippen LogP contribution >= 0.6 is 0 Å². The second-order valence-electron chi connectivity index (χ2n) is 4.79. The third-order valence-corrected chi connectivity index (χ3v) is 3.05. The maximum atomic E-state index is 5.66. The molecule has 1 aliphatic carbocycles. The Morgan fingerprint density at radius 2 is 2.06 bits per heavy atom. The number of hydrogen-bond donors (Lipinski definition) is 1. The summed E-state index contributed by atoms with van der Waals surface area (Å²) in [5.74, 6) is 0. The highest BCUT2D eigenvalue weighted by atomic mass is 16.5. The monoisotopic (exact) mass is 219 g/mol. The van der Waals surface area contributed by atoms with Gasteiger partial charge in [-0.1, -0.05) is 18.2 Å². The van der Waals surface area contributed by atoms with Crippen molar-refractivity contribution in [1.82, 2.24) is 0 Å². The molecule has 1 aromatic rings. The molecule has 16 heavy (non-hydrogen) atoms. The molecule has 0 spiro atoms. The quantitative estimate of drug-likeness (QED) is 0.817. The summed E-state index contributed by atoms with van der Waals surface area (Å²) in [5, 5.41) is 3.59. The molecule has 1 saturated carbocycles. The second kappa shape index (κ2) is 5.35. The average Bonchev–Trinajstić information content (AvgIpc) is 2.22. The Labute approximate surface area is 98.0 Å². The van der Waals surface area contributed by atoms with Gasteiger partial charge in [-0.25, -0.2) is 0 Å². The largest absolute Gasteiger partial charge is 0.382 e. The summed E-state index contributed by atoms with van der Waals surface area (Å²) in [6.45, 7) is 4.84. The summed E-state index contributed by atoms with van der Waals surface area (Å²) < 4.78 is 5.66. The average molecular weight is 219 g/mol. The van der Waals surface area contributed by atoms with Crippen molar-refractivity contribution in [2.75, 3.05) is 5.32 Å². The zero-order valence-electron chi connectivity index (χ0n) is 10.2. The van der Waals surface area contributed by atoms with Crippen molar-refractivity contribution in [2.24, 2.45) is 0 Å². The van der Waals surface area contributed by atoms with Gasteiger partial charge in [0.15, 0.2) is 0 Å². The molecule has 0 amide bonds. The fourth-order valence-electron chi connectivity index (χ4n) is 1.82. The predicted molar refractivity (Wildman–Crippen MR) is 67.6 cm³/mol. The maximum Gasteiger partial charge on any atom is 0.0740 e. The van der Waals surface area contributed by atoms with Crippen LogP contribution in [0.15, 0.2) is 24.3 Å². The van der Waals surface area contributed by atoms with E-state index in [9.17, 15) is 0 Å². The molecule has 2 heteroatoms. The smallest absolute Gasteiger partial charge is 0.0740 e. The fourth-order valence-corrected chi connectivity index (χ4v) is 1.82. The zero-order valence-corrected chi connectivity index (χ0v) is 10.2. The first-order valence-corrected chi connectivity index (χ1v) is 6.22. The molecule has 0 heterocycles. The molecule has 1 aliphatic rings. The first-order chi connectivity index (χ1) is 7.75. The molecule has 88 valence electrons. The van der Waals surface area contributed by atoms with E-state index in [1.807, 2.05) is 0 Å². The van der Waals surface area contributed by atoms with Crippen LogP contribution in [0.2, 0.25) is 0 Å². The molecule has 1 aromatic carbocycles. The fraction of sp³-hybridized carbons (Fsp3) is 0.571. The van der Waals surface area contributed by atoms with E-state index in [0.717, 1.165) is 0 Å². The second-order valence-corrected chi connectivity index (χ2v) is 4.79. The molecule has 0 aliphatic heterocycles. The number of anilines is 1. The van der Waals surface area contributed by atoms with Crippen molar-refractivity contribution in [1.29, 1.82) is 0 Å². The molecule has 1 fully saturated rings. The van der Waals surface area contributed by atoms with Gasteiger partial charge >= 0.3 is 0 Å². The Kier molecular flexibility index (Phi) is 3.83. The minimum atomic E-state index is 0.289. The highest BCUT2D eigenvalue weighted by Gasteiger charge is 2.17. The standard InChI is InChI=1S/C14H21NO/c1-11(2)16-10-12-6-3-4-9-14(12)15-13-7-5-8-13/h3-4,6,9,11,13,15H,5,7-8,10H2,1-2H3. The summed E-state index contributed by atoms with van der Waals surface area (Å²) in [7, 11) is 0. The lowest BCUT2D eigenvalue weighted by Crippen LogP contribution is -2.27. The Bertz CT molecular complexity index is 331. The first-order valence-electron chi connectivity index (χ1n) is 6.22. The van der Waals surface area contributed by atoms with Crippen molar-refractivity contribution < 1.29 is 4.74 Å². The van der Waals surface area contributed by atoms with E-state index in [0.29, 0.717) is 12.6 Å². The molecule has 1 N–H and O–H groups in total. The zero-order chi connectivity index (χ0) is 11.4. The lowest BCUT2D eigenvalue weighted by molar-refractivity contribution is 0.0660. The van der Waals surface area contributed by atoms with Gasteiger partial charge in [0, 0.05) is 17.3 Å². The topological polar surface area (TPSA) is 21.3 Å². The van der Waals surface area contributed by atoms with Crippen molar-refractivity contribution in [2.45, 2.75) is 51.9 Å². The van der Waals surface area contributed by atoms with Crippen LogP contribution in [-0.2, 0) is 11.3 Å². The molecule has 0 saturated heterocycles. The van der Waals surface area contributed by atoms with Crippen molar-refractivity contribution >= 4 is 5.69 Å². The van der Waals surface area contributed by atoms with E-state index < -0.39 is 0 Å². The number of para-hydroxylation sites is 1. The van der Waals surface area contributed by atoms with Crippen LogP contribution in [0.4, 0.5) is 5.69 Å². The Hall–Kier alpha value is -1.02. The van der Waals surface area contributed by atoms with Gasteiger partial charge in [-0.05, 0) is 39.2 Å². The van der Waals surface area contributed by atoms with Crippen LogP contribution < -0.4 is 5.32 Å². The molecule has 2 rings (SSSR count). The summed E-state index contributed by atoms with van der Waals surface area (Å²) in [6, 6.07) is 9.13. The molecule has 0 unspecified atom stereocenters. The lowest BCUT2D eigenvalue weighted by atomic mass is 9.92. The number of ether oxygens (including phenoxy) is 1. The predicted octanol–water partition coefficient (Wildman–Crippen LogP) is 3.58. The Morgan fingerprint density at radius 1 is 1.31 bits per heavy atom. The third-order valence-electron chi connectivity index (χ3n) is 3.05. The van der Waals surface area contributed by atoms with E-state index in [4.69, 9.17) is 4.74 Å². The normalized spacial score (nSPS) is 16.2. The number of rotatable bonds is 5. The van der Waals surface area contributed by atoms with Gasteiger partial charge in [-0.15, -0.1) is 0 Å². The van der Waals surface area contributed by atoms with Crippen LogP contribution in [0.5, 0.6) is 0 Å². The highest BCUT2D eigenvalue weighted by molar-refractivity contribution is 5.51. The molecule has 0 radical (unpaired) electrons. The van der Waals surface area contributed by atoms with Crippen LogP contribution in [-0.4, -0.2) is 12.1 Å². The molecule has 0 atom stereocenters. The van der Waals surface area contributed by atoms with E-state index in [2.05, 4.69) is 43.4 Å². The highest BCUT2D eigenvalue weighted by Crippen LogP contribution is 2.25. The van der Waals surface area contributed by atoms with Crippen molar-refractivity contribution in [3.8, 4) is 0 Å². The minimum absolute atomic E-state index is 0.289. The van der Waals surface area contributed by atoms with Crippen molar-refractivity contribution in [3.63, 3.8) is 0 Å². The van der Waals surface area contributed by atoms with Gasteiger partial charge in [-0.2, -0.15) is 0 Å². The summed E-state index contributed by atoms with van der Waals surface area (Å²) >= 11 is 0. The van der Waals surface area contributed by atoms with Gasteiger partial charge in [0.05, 0.1) is 12.7 Å². The molecular formula is C14H21NO. The molecule has 2 nitrogen and oxygen atoms in total. The molecular weight excluding hydrogens is 198 g/mol. The number of hydrogen-bond acceptors (Lipinski definition) is 2. The number of nitrogens with one attached hydrogen (secondary N) is 1. The van der Waals surface area contributed by atoms with Gasteiger partial charge < -0.3 is 10.1 Å². The first kappa shape index (κ1) is 11.5. The number of benzene rings is 1. The Balaban J connectivity index is 1.98. The van der Waals surface area contributed by atoms with E-state index >= 15 is 0 Å². The summed E-state index contributed by atoms with van der Waals surface area (Å²) in [6.07, 6.45) is 4.26. The van der Waals surface area contributed by atoms with Gasteiger partial charge in [0.2, 0.25) is 0 Å². The van der Waals surface area contributed by atoms with Crippen molar-refractivity contribution in [3.05, 3.63) is 29.8 Å². The van der Waals surface area contributed by atoms with Crippen LogP contribution in [0.1, 0.15) is 38.7 Å². The minimum Gasteiger partial charge on any atom is -0.382 e. The van der Waals surface area contributed by atoms with Crippen LogP contribution in [0.3, 0.4) is 0 Å². The molecule has 0 aromatic heterocycles. The summed E-state index contributed by atoms with van der Waals surface area (Å²) in [5.41, 5.74) is 2.51. The third kappa shape index (κ3) is 2.99. The van der Waals surface area contributed by atoms with E-state index in [-0.39, 0.29) is 6.10 Å². The maximum absolute atomic E-state index is 5.66. The van der Waals surface area contributed by atoms with Crippen LogP contribution in [0.25, 0.3) is 0 Å². The van der Waals surface area contributed by atoms with E-state index in [1.54, 1.807) is 0 Å². The van der Waals surface area contributed by atoms with Gasteiger partial charge in [0.25, 0.3) is 0 Å².